The maximum absolute atomic E-state index is 11.5. The van der Waals surface area contributed by atoms with E-state index in [9.17, 15) is 9.59 Å². The molecule has 0 aliphatic carbocycles. The molecule has 1 aromatic rings. The lowest BCUT2D eigenvalue weighted by Gasteiger charge is -1.99. The molecule has 1 aliphatic rings. The second-order valence-electron chi connectivity index (χ2n) is 3.44. The van der Waals surface area contributed by atoms with Crippen molar-refractivity contribution in [3.63, 3.8) is 0 Å². The summed E-state index contributed by atoms with van der Waals surface area (Å²) in [5.74, 6) is -0.719. The largest absolute Gasteiger partial charge is 0.443 e. The molecule has 0 unspecified atom stereocenters. The van der Waals surface area contributed by atoms with Crippen LogP contribution in [-0.4, -0.2) is 16.5 Å². The fraction of sp³-hybridized carbons (Fsp3) is 0.167. The number of azo groups is 2. The van der Waals surface area contributed by atoms with Gasteiger partial charge in [-0.1, -0.05) is 19.1 Å². The molecule has 0 saturated heterocycles. The molecule has 0 N–H and O–H groups in total. The molecule has 80 valence electrons. The van der Waals surface area contributed by atoms with Gasteiger partial charge in [-0.05, 0) is 16.7 Å². The van der Waals surface area contributed by atoms with Gasteiger partial charge in [-0.3, -0.25) is 4.79 Å². The van der Waals surface area contributed by atoms with E-state index in [1.54, 1.807) is 12.1 Å². The van der Waals surface area contributed by atoms with Gasteiger partial charge in [0, 0.05) is 18.2 Å². The third-order valence-corrected chi connectivity index (χ3v) is 2.36. The number of rotatable bonds is 2. The fourth-order valence-electron chi connectivity index (χ4n) is 1.45. The highest BCUT2D eigenvalue weighted by molar-refractivity contribution is 5.97. The van der Waals surface area contributed by atoms with Crippen molar-refractivity contribution in [2.75, 3.05) is 0 Å². The van der Waals surface area contributed by atoms with Crippen molar-refractivity contribution in [3.05, 3.63) is 42.0 Å². The van der Waals surface area contributed by atoms with Crippen LogP contribution in [0.1, 0.15) is 12.5 Å². The minimum atomic E-state index is -0.417. The lowest BCUT2D eigenvalue weighted by atomic mass is 10.1. The van der Waals surface area contributed by atoms with Crippen molar-refractivity contribution in [1.82, 2.24) is 0 Å². The zero-order valence-corrected chi connectivity index (χ0v) is 8.88. The van der Waals surface area contributed by atoms with Crippen LogP contribution in [0, 0.1) is 0 Å². The molecule has 0 fully saturated rings. The normalized spacial score (nSPS) is 15.2. The van der Waals surface area contributed by atoms with Crippen LogP contribution in [0.25, 0.3) is 0 Å². The second kappa shape index (κ2) is 4.18. The predicted octanol–water partition coefficient (Wildman–Crippen LogP) is 1.97. The maximum atomic E-state index is 11.5. The van der Waals surface area contributed by atoms with E-state index in [0.29, 0.717) is 5.69 Å². The van der Waals surface area contributed by atoms with Crippen LogP contribution >= 0.6 is 0 Å². The minimum Gasteiger partial charge on any atom is -0.261 e. The van der Waals surface area contributed by atoms with Gasteiger partial charge in [-0.2, -0.15) is 0 Å². The highest BCUT2D eigenvalue weighted by Gasteiger charge is 2.25. The van der Waals surface area contributed by atoms with Crippen LogP contribution in [-0.2, 0) is 16.0 Å². The van der Waals surface area contributed by atoms with Gasteiger partial charge in [0.05, 0.1) is 11.2 Å². The van der Waals surface area contributed by atoms with Crippen molar-refractivity contribution in [3.8, 4) is 0 Å². The quantitative estimate of drug-likeness (QED) is 0.708. The molecule has 4 nitrogen and oxygen atoms in total. The molecule has 2 rings (SSSR count). The van der Waals surface area contributed by atoms with Gasteiger partial charge < -0.3 is 0 Å². The van der Waals surface area contributed by atoms with Gasteiger partial charge >= 0.3 is 11.8 Å². The van der Waals surface area contributed by atoms with E-state index < -0.39 is 5.91 Å². The monoisotopic (exact) mass is 215 g/mol. The summed E-state index contributed by atoms with van der Waals surface area (Å²) >= 11 is 0. The molecule has 4 heteroatoms. The molecular formula is C12H11N2O2+. The fourth-order valence-corrected chi connectivity index (χ4v) is 1.45. The number of benzene rings is 1. The Morgan fingerprint density at radius 1 is 1.12 bits per heavy atom. The van der Waals surface area contributed by atoms with Crippen molar-refractivity contribution in [2.45, 2.75) is 13.3 Å². The Balaban J connectivity index is 2.36. The third kappa shape index (κ3) is 1.95. The van der Waals surface area contributed by atoms with Crippen LogP contribution in [0.15, 0.2) is 41.5 Å². The lowest BCUT2D eigenvalue weighted by molar-refractivity contribution is -0.425. The SMILES string of the molecule is CCc1ccc([N+]2=NC(=O)C=CC2=O)cc1. The van der Waals surface area contributed by atoms with E-state index in [4.69, 9.17) is 0 Å². The summed E-state index contributed by atoms with van der Waals surface area (Å²) in [6.07, 6.45) is 3.33. The van der Waals surface area contributed by atoms with Gasteiger partial charge in [0.25, 0.3) is 0 Å². The highest BCUT2D eigenvalue weighted by atomic mass is 16.2. The summed E-state index contributed by atoms with van der Waals surface area (Å²) in [5, 5.41) is 3.65. The lowest BCUT2D eigenvalue weighted by Crippen LogP contribution is -2.17. The minimum absolute atomic E-state index is 0.302. The molecule has 0 radical (unpaired) electrons. The second-order valence-corrected chi connectivity index (χ2v) is 3.44. The highest BCUT2D eigenvalue weighted by Crippen LogP contribution is 2.16. The van der Waals surface area contributed by atoms with E-state index in [1.165, 1.54) is 17.7 Å². The molecule has 1 aromatic carbocycles. The Labute approximate surface area is 92.9 Å². The van der Waals surface area contributed by atoms with E-state index in [1.807, 2.05) is 12.1 Å². The summed E-state index contributed by atoms with van der Waals surface area (Å²) in [6, 6.07) is 7.40. The van der Waals surface area contributed by atoms with Gasteiger partial charge in [0.1, 0.15) is 0 Å². The number of carbonyl (C=O) groups is 2. The van der Waals surface area contributed by atoms with Gasteiger partial charge in [-0.15, -0.1) is 0 Å². The van der Waals surface area contributed by atoms with Crippen molar-refractivity contribution in [1.29, 1.82) is 0 Å². The first kappa shape index (κ1) is 10.4. The van der Waals surface area contributed by atoms with Crippen LogP contribution < -0.4 is 0 Å². The van der Waals surface area contributed by atoms with Crippen LogP contribution in [0.3, 0.4) is 0 Å². The van der Waals surface area contributed by atoms with Gasteiger partial charge in [-0.25, -0.2) is 4.79 Å². The topological polar surface area (TPSA) is 49.5 Å². The smallest absolute Gasteiger partial charge is 0.261 e. The molecular weight excluding hydrogens is 204 g/mol. The molecule has 0 aromatic heterocycles. The van der Waals surface area contributed by atoms with Crippen molar-refractivity contribution < 1.29 is 14.3 Å². The summed E-state index contributed by atoms with van der Waals surface area (Å²) in [6.45, 7) is 2.05. The standard InChI is InChI=1S/C12H11N2O2/c1-2-9-3-5-10(6-4-9)14-12(16)8-7-11(15)13-14/h3-8H,2H2,1H3/q+1. The molecule has 2 amide bonds. The average molecular weight is 215 g/mol. The van der Waals surface area contributed by atoms with E-state index in [-0.39, 0.29) is 5.91 Å². The first-order valence-electron chi connectivity index (χ1n) is 5.07. The predicted molar refractivity (Wildman–Crippen MR) is 57.3 cm³/mol. The van der Waals surface area contributed by atoms with Crippen LogP contribution in [0.5, 0.6) is 0 Å². The Morgan fingerprint density at radius 3 is 2.44 bits per heavy atom. The molecule has 0 spiro atoms. The number of amides is 2. The maximum Gasteiger partial charge on any atom is 0.443 e. The van der Waals surface area contributed by atoms with Crippen molar-refractivity contribution >= 4 is 17.5 Å². The number of carbonyl (C=O) groups excluding carboxylic acids is 2. The summed E-state index contributed by atoms with van der Waals surface area (Å²) in [4.78, 5) is 22.6. The van der Waals surface area contributed by atoms with E-state index >= 15 is 0 Å². The van der Waals surface area contributed by atoms with Crippen LogP contribution in [0.4, 0.5) is 5.69 Å². The first-order valence-corrected chi connectivity index (χ1v) is 5.07. The first-order chi connectivity index (χ1) is 7.70. The van der Waals surface area contributed by atoms with Crippen molar-refractivity contribution in [2.24, 2.45) is 5.11 Å². The van der Waals surface area contributed by atoms with Gasteiger partial charge in [0.2, 0.25) is 5.69 Å². The molecule has 16 heavy (non-hydrogen) atoms. The molecule has 1 aliphatic heterocycles. The average Bonchev–Trinajstić information content (AvgIpc) is 2.32. The number of hydrogen-bond acceptors (Lipinski definition) is 2. The Kier molecular flexibility index (Phi) is 2.72. The number of aryl methyl sites for hydroxylation is 1. The molecule has 0 atom stereocenters. The molecule has 0 saturated carbocycles. The number of hydrogen-bond donors (Lipinski definition) is 0. The summed E-state index contributed by atoms with van der Waals surface area (Å²) in [5.41, 5.74) is 1.79. The third-order valence-electron chi connectivity index (χ3n) is 2.36. The summed E-state index contributed by atoms with van der Waals surface area (Å²) < 4.78 is 1.11. The molecule has 0 bridgehead atoms. The van der Waals surface area contributed by atoms with Gasteiger partial charge in [0.15, 0.2) is 0 Å². The zero-order valence-electron chi connectivity index (χ0n) is 8.88. The Hall–Kier alpha value is -2.10. The Morgan fingerprint density at radius 2 is 1.81 bits per heavy atom. The number of nitrogens with zero attached hydrogens (tertiary/aromatic N) is 2. The van der Waals surface area contributed by atoms with Crippen LogP contribution in [0.2, 0.25) is 0 Å². The van der Waals surface area contributed by atoms with E-state index in [2.05, 4.69) is 12.0 Å². The summed E-state index contributed by atoms with van der Waals surface area (Å²) in [7, 11) is 0. The van der Waals surface area contributed by atoms with E-state index in [0.717, 1.165) is 11.1 Å². The zero-order chi connectivity index (χ0) is 11.5. The Bertz CT molecular complexity index is 498. The molecule has 1 heterocycles.